The van der Waals surface area contributed by atoms with Gasteiger partial charge >= 0.3 is 69.1 Å². The van der Waals surface area contributed by atoms with Gasteiger partial charge in [0, 0.05) is 0 Å². The van der Waals surface area contributed by atoms with Crippen LogP contribution in [-0.4, -0.2) is 64.9 Å². The van der Waals surface area contributed by atoms with Crippen LogP contribution in [0.2, 0.25) is 0 Å². The fourth-order valence-corrected chi connectivity index (χ4v) is 0. The van der Waals surface area contributed by atoms with E-state index in [2.05, 4.69) is 47.2 Å². The van der Waals surface area contributed by atoms with Crippen molar-refractivity contribution in [3.05, 3.63) is 0 Å². The number of hydrogen-bond acceptors (Lipinski definition) is 5. The van der Waals surface area contributed by atoms with Crippen LogP contribution < -0.4 is 0 Å². The van der Waals surface area contributed by atoms with Gasteiger partial charge in [0.15, 0.2) is 0 Å². The van der Waals surface area contributed by atoms with Gasteiger partial charge in [-0.2, -0.15) is 0 Å². The van der Waals surface area contributed by atoms with Crippen LogP contribution in [0.25, 0.3) is 0 Å². The van der Waals surface area contributed by atoms with Gasteiger partial charge in [0.1, 0.15) is 0 Å². The van der Waals surface area contributed by atoms with E-state index in [1.807, 2.05) is 0 Å². The molecule has 0 saturated carbocycles. The van der Waals surface area contributed by atoms with Crippen LogP contribution in [0.3, 0.4) is 0 Å². The van der Waals surface area contributed by atoms with E-state index in [9.17, 15) is 0 Å². The molecule has 0 fully saturated rings. The summed E-state index contributed by atoms with van der Waals surface area (Å²) in [5, 5.41) is 36.3. The van der Waals surface area contributed by atoms with Gasteiger partial charge in [-0.3, -0.25) is 0 Å². The monoisotopic (exact) mass is 314 g/mol. The molecule has 0 rings (SSSR count). The Morgan fingerprint density at radius 3 is 1.29 bits per heavy atom. The second-order valence-electron chi connectivity index (χ2n) is 1.97. The Balaban J connectivity index is -0.000000135. The maximum atomic E-state index is 9.10. The van der Waals surface area contributed by atoms with Gasteiger partial charge in [-0.15, -0.1) is 0 Å². The van der Waals surface area contributed by atoms with Crippen LogP contribution in [0.1, 0.15) is 6.92 Å². The SMILES string of the molecule is O=C(O)C(=O)O.OB(O)O.[Li][CH](C)I. The normalized spacial score (nSPS) is 9.64. The van der Waals surface area contributed by atoms with Gasteiger partial charge in [-0.25, -0.2) is 9.59 Å². The predicted molar refractivity (Wildman–Crippen MR) is 56.9 cm³/mol. The molecule has 0 amide bonds. The summed E-state index contributed by atoms with van der Waals surface area (Å²) < 4.78 is 0.803. The zero-order valence-electron chi connectivity index (χ0n) is 7.59. The summed E-state index contributed by atoms with van der Waals surface area (Å²) >= 11 is 4.50. The molecule has 0 aliphatic heterocycles. The third kappa shape index (κ3) is 86.5. The molecule has 0 spiro atoms. The molecular weight excluding hydrogens is 305 g/mol. The van der Waals surface area contributed by atoms with Crippen molar-refractivity contribution in [2.45, 2.75) is 9.52 Å². The minimum absolute atomic E-state index is 0.803. The van der Waals surface area contributed by atoms with Crippen molar-refractivity contribution in [2.75, 3.05) is 0 Å². The summed E-state index contributed by atoms with van der Waals surface area (Å²) in [7, 11) is -2.17. The van der Waals surface area contributed by atoms with E-state index in [1.165, 1.54) is 0 Å². The number of aliphatic carboxylic acids is 2. The van der Waals surface area contributed by atoms with E-state index in [-0.39, 0.29) is 0 Å². The molecule has 0 bridgehead atoms. The molecule has 0 aromatic heterocycles. The van der Waals surface area contributed by atoms with Crippen LogP contribution >= 0.6 is 22.6 Å². The molecule has 5 N–H and O–H groups in total. The molecule has 0 radical (unpaired) electrons. The first-order chi connectivity index (χ1) is 6.11. The average molecular weight is 314 g/mol. The molecule has 0 aliphatic rings. The molecule has 78 valence electrons. The quantitative estimate of drug-likeness (QED) is 0.152. The first-order valence-corrected chi connectivity index (χ1v) is 4.50. The van der Waals surface area contributed by atoms with E-state index in [0.29, 0.717) is 0 Å². The van der Waals surface area contributed by atoms with E-state index in [4.69, 9.17) is 34.9 Å². The first kappa shape index (κ1) is 19.7. The molecule has 1 unspecified atom stereocenters. The second-order valence-corrected chi connectivity index (χ2v) is 4.46. The fraction of sp³-hybridized carbons (Fsp3) is 0.500. The van der Waals surface area contributed by atoms with Gasteiger partial charge < -0.3 is 25.3 Å². The zero-order chi connectivity index (χ0) is 12.3. The molecule has 0 saturated heterocycles. The summed E-state index contributed by atoms with van der Waals surface area (Å²) in [6, 6.07) is 0. The summed E-state index contributed by atoms with van der Waals surface area (Å²) in [4.78, 5) is 18.2. The third-order valence-corrected chi connectivity index (χ3v) is 0.183. The number of carboxylic acids is 2. The molecule has 10 heteroatoms. The third-order valence-electron chi connectivity index (χ3n) is 0.183. The van der Waals surface area contributed by atoms with Gasteiger partial charge in [-0.05, 0) is 0 Å². The Morgan fingerprint density at radius 1 is 1.21 bits per heavy atom. The van der Waals surface area contributed by atoms with Crippen molar-refractivity contribution in [1.82, 2.24) is 0 Å². The predicted octanol–water partition coefficient (Wildman–Crippen LogP) is -1.96. The van der Waals surface area contributed by atoms with E-state index < -0.39 is 19.3 Å². The van der Waals surface area contributed by atoms with Crippen LogP contribution in [-0.2, 0) is 9.59 Å². The van der Waals surface area contributed by atoms with E-state index >= 15 is 0 Å². The summed E-state index contributed by atoms with van der Waals surface area (Å²) in [6.45, 7) is 2.15. The molecule has 0 aliphatic carbocycles. The maximum absolute atomic E-state index is 9.10. The topological polar surface area (TPSA) is 135 Å². The molecule has 0 aromatic rings. The number of alkyl halides is 1. The van der Waals surface area contributed by atoms with Crippen LogP contribution in [0.15, 0.2) is 0 Å². The molecule has 0 heterocycles. The van der Waals surface area contributed by atoms with Crippen molar-refractivity contribution in [3.8, 4) is 0 Å². The van der Waals surface area contributed by atoms with E-state index in [1.54, 1.807) is 0 Å². The first-order valence-electron chi connectivity index (χ1n) is 3.25. The second kappa shape index (κ2) is 13.2. The van der Waals surface area contributed by atoms with Crippen molar-refractivity contribution in [1.29, 1.82) is 0 Å². The Bertz CT molecular complexity index is 140. The Morgan fingerprint density at radius 2 is 1.29 bits per heavy atom. The Hall–Kier alpha value is 0.212. The van der Waals surface area contributed by atoms with Gasteiger partial charge in [0.2, 0.25) is 0 Å². The summed E-state index contributed by atoms with van der Waals surface area (Å²) in [5.41, 5.74) is 0. The van der Waals surface area contributed by atoms with Crippen molar-refractivity contribution < 1.29 is 34.9 Å². The van der Waals surface area contributed by atoms with Crippen molar-refractivity contribution in [3.63, 3.8) is 0 Å². The zero-order valence-corrected chi connectivity index (χ0v) is 9.74. The van der Waals surface area contributed by atoms with Gasteiger partial charge in [0.05, 0.1) is 0 Å². The Kier molecular flexibility index (Phi) is 18.6. The van der Waals surface area contributed by atoms with Gasteiger partial charge in [-0.1, -0.05) is 0 Å². The average Bonchev–Trinajstić information content (AvgIpc) is 1.83. The van der Waals surface area contributed by atoms with E-state index in [0.717, 1.165) is 2.60 Å². The number of carbonyl (C=O) groups is 2. The molecule has 14 heavy (non-hydrogen) atoms. The molecule has 1 atom stereocenters. The van der Waals surface area contributed by atoms with Crippen LogP contribution in [0.5, 0.6) is 0 Å². The molecular formula is C4H9BILiO7. The van der Waals surface area contributed by atoms with Crippen LogP contribution in [0, 0.1) is 0 Å². The summed E-state index contributed by atoms with van der Waals surface area (Å²) in [6.07, 6.45) is 0. The van der Waals surface area contributed by atoms with Crippen LogP contribution in [0.4, 0.5) is 0 Å². The minimum atomic E-state index is -2.17. The fourth-order valence-electron chi connectivity index (χ4n) is 0. The number of halogens is 1. The molecule has 0 aromatic carbocycles. The number of carboxylic acid groups (broad SMARTS) is 2. The Labute approximate surface area is 104 Å². The number of hydrogen-bond donors (Lipinski definition) is 5. The van der Waals surface area contributed by atoms with Gasteiger partial charge in [0.25, 0.3) is 0 Å². The standard InChI is InChI=1S/C2H4I.C2H2O4.BH3O3.Li/c1-2-3;3-1(4)2(5)6;2-1(3)4;/h2H,1H3;(H,3,4)(H,5,6);2-4H;. The number of rotatable bonds is 0. The van der Waals surface area contributed by atoms with Crippen molar-refractivity contribution >= 4 is 59.6 Å². The summed E-state index contributed by atoms with van der Waals surface area (Å²) in [5.74, 6) is -3.65. The molecule has 7 nitrogen and oxygen atoms in total. The van der Waals surface area contributed by atoms with Crippen molar-refractivity contribution in [2.24, 2.45) is 0 Å².